The van der Waals surface area contributed by atoms with Gasteiger partial charge in [0.25, 0.3) is 5.91 Å². The summed E-state index contributed by atoms with van der Waals surface area (Å²) in [6.07, 6.45) is 0. The van der Waals surface area contributed by atoms with Gasteiger partial charge in [0.15, 0.2) is 15.6 Å². The zero-order valence-corrected chi connectivity index (χ0v) is 14.8. The predicted molar refractivity (Wildman–Crippen MR) is 94.0 cm³/mol. The minimum Gasteiger partial charge on any atom is -0.355 e. The number of sulfone groups is 1. The van der Waals surface area contributed by atoms with Crippen molar-refractivity contribution in [3.05, 3.63) is 65.7 Å². The highest BCUT2D eigenvalue weighted by atomic mass is 32.2. The molecule has 0 fully saturated rings. The summed E-state index contributed by atoms with van der Waals surface area (Å²) in [7, 11) is -2.25. The monoisotopic (exact) mass is 347 g/mol. The van der Waals surface area contributed by atoms with Gasteiger partial charge in [-0.2, -0.15) is 0 Å². The highest BCUT2D eigenvalue weighted by Crippen LogP contribution is 2.14. The fourth-order valence-corrected chi connectivity index (χ4v) is 3.15. The first kappa shape index (κ1) is 19.6. The first-order valence-corrected chi connectivity index (χ1v) is 9.22. The van der Waals surface area contributed by atoms with Crippen molar-refractivity contribution in [2.75, 3.05) is 12.8 Å². The van der Waals surface area contributed by atoms with Gasteiger partial charge in [-0.1, -0.05) is 44.2 Å². The van der Waals surface area contributed by atoms with E-state index in [1.54, 1.807) is 30.3 Å². The molecule has 0 aliphatic heterocycles. The Morgan fingerprint density at radius 1 is 0.875 bits per heavy atom. The van der Waals surface area contributed by atoms with Crippen molar-refractivity contribution >= 4 is 21.5 Å². The molecule has 24 heavy (non-hydrogen) atoms. The van der Waals surface area contributed by atoms with Crippen molar-refractivity contribution in [2.45, 2.75) is 18.7 Å². The molecule has 1 N–H and O–H groups in total. The molecule has 128 valence electrons. The second kappa shape index (κ2) is 8.98. The van der Waals surface area contributed by atoms with E-state index in [0.29, 0.717) is 11.1 Å². The van der Waals surface area contributed by atoms with Gasteiger partial charge in [-0.25, -0.2) is 8.42 Å². The van der Waals surface area contributed by atoms with E-state index in [2.05, 4.69) is 5.32 Å². The molecule has 0 radical (unpaired) electrons. The van der Waals surface area contributed by atoms with E-state index in [4.69, 9.17) is 0 Å². The second-order valence-corrected chi connectivity index (χ2v) is 6.64. The number of hydrogen-bond donors (Lipinski definition) is 1. The lowest BCUT2D eigenvalue weighted by atomic mass is 10.2. The molecule has 6 heteroatoms. The molecule has 2 rings (SSSR count). The minimum absolute atomic E-state index is 0.0180. The summed E-state index contributed by atoms with van der Waals surface area (Å²) >= 11 is 0. The number of hydrogen-bond acceptors (Lipinski definition) is 4. The maximum Gasteiger partial charge on any atom is 0.251 e. The molecule has 0 atom stereocenters. The molecule has 0 saturated carbocycles. The minimum atomic E-state index is -3.74. The molecule has 5 nitrogen and oxygen atoms in total. The van der Waals surface area contributed by atoms with Gasteiger partial charge in [0, 0.05) is 18.2 Å². The van der Waals surface area contributed by atoms with Crippen LogP contribution in [0.4, 0.5) is 0 Å². The van der Waals surface area contributed by atoms with Gasteiger partial charge in [0.2, 0.25) is 0 Å². The lowest BCUT2D eigenvalue weighted by Gasteiger charge is -2.05. The van der Waals surface area contributed by atoms with Crippen LogP contribution >= 0.6 is 0 Å². The molecule has 0 unspecified atom stereocenters. The summed E-state index contributed by atoms with van der Waals surface area (Å²) in [4.78, 5) is 23.5. The van der Waals surface area contributed by atoms with Crippen molar-refractivity contribution in [3.63, 3.8) is 0 Å². The van der Waals surface area contributed by atoms with E-state index in [-0.39, 0.29) is 10.8 Å². The Morgan fingerprint density at radius 3 is 1.92 bits per heavy atom. The average Bonchev–Trinajstić information content (AvgIpc) is 2.63. The fraction of sp³-hybridized carbons (Fsp3) is 0.222. The normalized spacial score (nSPS) is 10.3. The number of amides is 1. The third kappa shape index (κ3) is 5.03. The summed E-state index contributed by atoms with van der Waals surface area (Å²) in [5, 5.41) is 2.45. The van der Waals surface area contributed by atoms with Crippen LogP contribution in [0.15, 0.2) is 59.5 Å². The van der Waals surface area contributed by atoms with Gasteiger partial charge in [-0.3, -0.25) is 9.59 Å². The summed E-state index contributed by atoms with van der Waals surface area (Å²) in [6, 6.07) is 13.8. The van der Waals surface area contributed by atoms with Gasteiger partial charge >= 0.3 is 0 Å². The topological polar surface area (TPSA) is 80.3 Å². The van der Waals surface area contributed by atoms with Crippen LogP contribution < -0.4 is 5.32 Å². The molecule has 0 aliphatic carbocycles. The predicted octanol–water partition coefficient (Wildman–Crippen LogP) is 2.73. The van der Waals surface area contributed by atoms with Crippen LogP contribution in [0.3, 0.4) is 0 Å². The molecule has 0 saturated heterocycles. The highest BCUT2D eigenvalue weighted by molar-refractivity contribution is 7.92. The van der Waals surface area contributed by atoms with E-state index in [1.165, 1.54) is 31.3 Å². The Balaban J connectivity index is 0.00000139. The van der Waals surface area contributed by atoms with Gasteiger partial charge in [-0.05, 0) is 24.3 Å². The third-order valence-electron chi connectivity index (χ3n) is 3.12. The molecule has 0 bridgehead atoms. The molecule has 0 spiro atoms. The van der Waals surface area contributed by atoms with Crippen molar-refractivity contribution in [1.82, 2.24) is 5.32 Å². The maximum absolute atomic E-state index is 12.2. The number of carbonyl (C=O) groups is 2. The third-order valence-corrected chi connectivity index (χ3v) is 4.75. The molecular formula is C18H21NO4S. The van der Waals surface area contributed by atoms with Crippen molar-refractivity contribution in [1.29, 1.82) is 0 Å². The van der Waals surface area contributed by atoms with Crippen LogP contribution in [0, 0.1) is 0 Å². The first-order valence-electron chi connectivity index (χ1n) is 7.57. The zero-order valence-electron chi connectivity index (χ0n) is 13.9. The summed E-state index contributed by atoms with van der Waals surface area (Å²) in [5.74, 6) is -1.36. The molecule has 0 heterocycles. The zero-order chi connectivity index (χ0) is 18.2. The number of carbonyl (C=O) groups excluding carboxylic acids is 2. The largest absolute Gasteiger partial charge is 0.355 e. The Labute approximate surface area is 142 Å². The smallest absolute Gasteiger partial charge is 0.251 e. The van der Waals surface area contributed by atoms with Gasteiger partial charge < -0.3 is 5.32 Å². The highest BCUT2D eigenvalue weighted by Gasteiger charge is 2.20. The number of ketones is 1. The summed E-state index contributed by atoms with van der Waals surface area (Å²) < 4.78 is 24.5. The fourth-order valence-electron chi connectivity index (χ4n) is 1.92. The van der Waals surface area contributed by atoms with E-state index < -0.39 is 21.4 Å². The summed E-state index contributed by atoms with van der Waals surface area (Å²) in [5.41, 5.74) is 0.712. The number of benzene rings is 2. The number of rotatable bonds is 5. The Morgan fingerprint density at radius 2 is 1.42 bits per heavy atom. The van der Waals surface area contributed by atoms with Crippen LogP contribution in [0.1, 0.15) is 34.6 Å². The molecule has 2 aromatic carbocycles. The van der Waals surface area contributed by atoms with Crippen LogP contribution in [-0.2, 0) is 9.84 Å². The Kier molecular flexibility index (Phi) is 7.32. The van der Waals surface area contributed by atoms with E-state index >= 15 is 0 Å². The van der Waals surface area contributed by atoms with Crippen LogP contribution in [-0.4, -0.2) is 32.9 Å². The standard InChI is InChI=1S/C16H15NO4S.C2H6/c1-17-16(19)13-7-9-14(10-8-13)22(20,21)11-15(18)12-5-3-2-4-6-12;1-2/h2-10H,11H2,1H3,(H,17,19);1-2H3. The summed E-state index contributed by atoms with van der Waals surface area (Å²) in [6.45, 7) is 4.00. The second-order valence-electron chi connectivity index (χ2n) is 4.65. The molecule has 0 aliphatic rings. The van der Waals surface area contributed by atoms with E-state index in [0.717, 1.165) is 0 Å². The Bertz CT molecular complexity index is 782. The average molecular weight is 347 g/mol. The van der Waals surface area contributed by atoms with Crippen molar-refractivity contribution < 1.29 is 18.0 Å². The van der Waals surface area contributed by atoms with Crippen molar-refractivity contribution in [3.8, 4) is 0 Å². The van der Waals surface area contributed by atoms with Crippen molar-refractivity contribution in [2.24, 2.45) is 0 Å². The molecular weight excluding hydrogens is 326 g/mol. The van der Waals surface area contributed by atoms with Gasteiger partial charge in [0.1, 0.15) is 5.75 Å². The molecule has 0 aromatic heterocycles. The number of nitrogens with one attached hydrogen (secondary N) is 1. The first-order chi connectivity index (χ1) is 11.4. The quantitative estimate of drug-likeness (QED) is 0.843. The molecule has 1 amide bonds. The Hall–Kier alpha value is -2.47. The lowest BCUT2D eigenvalue weighted by Crippen LogP contribution is -2.19. The van der Waals surface area contributed by atoms with Crippen LogP contribution in [0.25, 0.3) is 0 Å². The van der Waals surface area contributed by atoms with Crippen LogP contribution in [0.2, 0.25) is 0 Å². The van der Waals surface area contributed by atoms with Gasteiger partial charge in [-0.15, -0.1) is 0 Å². The van der Waals surface area contributed by atoms with Crippen LogP contribution in [0.5, 0.6) is 0 Å². The SMILES string of the molecule is CC.CNC(=O)c1ccc(S(=O)(=O)CC(=O)c2ccccc2)cc1. The maximum atomic E-state index is 12.2. The van der Waals surface area contributed by atoms with E-state index in [9.17, 15) is 18.0 Å². The number of Topliss-reactive ketones (excluding diaryl/α,β-unsaturated/α-hetero) is 1. The molecule has 2 aromatic rings. The van der Waals surface area contributed by atoms with Gasteiger partial charge in [0.05, 0.1) is 4.90 Å². The van der Waals surface area contributed by atoms with E-state index in [1.807, 2.05) is 13.8 Å². The lowest BCUT2D eigenvalue weighted by molar-refractivity contribution is 0.0961.